The van der Waals surface area contributed by atoms with Crippen molar-refractivity contribution >= 4 is 12.1 Å². The lowest BCUT2D eigenvalue weighted by Crippen LogP contribution is -2.17. The van der Waals surface area contributed by atoms with Crippen LogP contribution in [0.4, 0.5) is 8.78 Å². The molecule has 1 amide bonds. The molecule has 22 heavy (non-hydrogen) atoms. The number of furan rings is 1. The van der Waals surface area contributed by atoms with Crippen molar-refractivity contribution < 1.29 is 22.7 Å². The van der Waals surface area contributed by atoms with Gasteiger partial charge in [0.05, 0.1) is 11.8 Å². The number of hydrogen-bond acceptors (Lipinski definition) is 4. The molecule has 0 unspecified atom stereocenters. The Kier molecular flexibility index (Phi) is 4.88. The number of halogens is 2. The molecule has 1 aromatic heterocycles. The second-order valence-corrected chi connectivity index (χ2v) is 4.44. The fourth-order valence-electron chi connectivity index (χ4n) is 1.87. The van der Waals surface area contributed by atoms with E-state index in [4.69, 9.17) is 4.42 Å². The number of hydrogen-bond donors (Lipinski definition) is 1. The maximum atomic E-state index is 12.3. The molecule has 0 radical (unpaired) electrons. The van der Waals surface area contributed by atoms with Crippen LogP contribution >= 0.6 is 0 Å². The average Bonchev–Trinajstić information content (AvgIpc) is 2.79. The maximum absolute atomic E-state index is 12.3. The summed E-state index contributed by atoms with van der Waals surface area (Å²) >= 11 is 0. The molecule has 0 spiro atoms. The normalized spacial score (nSPS) is 11.1. The molecule has 0 aliphatic heterocycles. The van der Waals surface area contributed by atoms with Crippen LogP contribution in [-0.2, 0) is 0 Å². The number of carbonyl (C=O) groups excluding carboxylic acids is 1. The van der Waals surface area contributed by atoms with E-state index in [0.717, 1.165) is 0 Å². The van der Waals surface area contributed by atoms with Crippen LogP contribution in [0.2, 0.25) is 0 Å². The van der Waals surface area contributed by atoms with E-state index in [0.29, 0.717) is 22.6 Å². The Bertz CT molecular complexity index is 696. The van der Waals surface area contributed by atoms with E-state index in [2.05, 4.69) is 15.3 Å². The van der Waals surface area contributed by atoms with E-state index in [-0.39, 0.29) is 5.75 Å². The number of nitrogens with one attached hydrogen (secondary N) is 1. The molecule has 0 fully saturated rings. The van der Waals surface area contributed by atoms with Crippen molar-refractivity contribution in [2.75, 3.05) is 0 Å². The van der Waals surface area contributed by atoms with Gasteiger partial charge >= 0.3 is 6.61 Å². The van der Waals surface area contributed by atoms with Crippen molar-refractivity contribution in [3.8, 4) is 5.75 Å². The smallest absolute Gasteiger partial charge is 0.387 e. The molecular formula is C15H14F2N2O3. The molecule has 7 heteroatoms. The van der Waals surface area contributed by atoms with Gasteiger partial charge in [-0.1, -0.05) is 12.1 Å². The number of aryl methyl sites for hydroxylation is 2. The van der Waals surface area contributed by atoms with E-state index < -0.39 is 12.5 Å². The molecule has 0 atom stereocenters. The highest BCUT2D eigenvalue weighted by atomic mass is 19.3. The van der Waals surface area contributed by atoms with Crippen molar-refractivity contribution in [2.45, 2.75) is 20.5 Å². The molecule has 1 aromatic carbocycles. The summed E-state index contributed by atoms with van der Waals surface area (Å²) in [5.74, 6) is 0.623. The Hall–Kier alpha value is -2.70. The van der Waals surface area contributed by atoms with Crippen LogP contribution in [0.1, 0.15) is 27.4 Å². The zero-order valence-corrected chi connectivity index (χ0v) is 12.0. The van der Waals surface area contributed by atoms with Crippen LogP contribution in [0.15, 0.2) is 39.9 Å². The minimum atomic E-state index is -2.93. The summed E-state index contributed by atoms with van der Waals surface area (Å²) in [7, 11) is 0. The fourth-order valence-corrected chi connectivity index (χ4v) is 1.87. The third-order valence-electron chi connectivity index (χ3n) is 2.79. The minimum absolute atomic E-state index is 0.0224. The van der Waals surface area contributed by atoms with E-state index >= 15 is 0 Å². The van der Waals surface area contributed by atoms with E-state index in [1.165, 1.54) is 12.3 Å². The topological polar surface area (TPSA) is 63.8 Å². The molecular weight excluding hydrogens is 294 g/mol. The third kappa shape index (κ3) is 3.91. The lowest BCUT2D eigenvalue weighted by molar-refractivity contribution is -0.0499. The number of nitrogens with zero attached hydrogens (tertiary/aromatic N) is 1. The van der Waals surface area contributed by atoms with Gasteiger partial charge in [-0.3, -0.25) is 4.79 Å². The van der Waals surface area contributed by atoms with Gasteiger partial charge in [0, 0.05) is 5.56 Å². The predicted molar refractivity (Wildman–Crippen MR) is 76.3 cm³/mol. The van der Waals surface area contributed by atoms with Crippen LogP contribution in [0.3, 0.4) is 0 Å². The van der Waals surface area contributed by atoms with Gasteiger partial charge in [-0.25, -0.2) is 5.43 Å². The second-order valence-electron chi connectivity index (χ2n) is 4.44. The van der Waals surface area contributed by atoms with E-state index in [1.807, 2.05) is 0 Å². The Labute approximate surface area is 125 Å². The van der Waals surface area contributed by atoms with E-state index in [1.54, 1.807) is 38.1 Å². The minimum Gasteiger partial charge on any atom is -0.466 e. The molecule has 0 aliphatic rings. The number of hydrazone groups is 1. The Balaban J connectivity index is 2.07. The molecule has 2 aromatic rings. The van der Waals surface area contributed by atoms with Gasteiger partial charge in [-0.15, -0.1) is 0 Å². The summed E-state index contributed by atoms with van der Waals surface area (Å²) in [6.07, 6.45) is 1.23. The summed E-state index contributed by atoms with van der Waals surface area (Å²) < 4.78 is 34.1. The number of ether oxygens (including phenoxy) is 1. The van der Waals surface area contributed by atoms with Crippen LogP contribution in [0.25, 0.3) is 0 Å². The third-order valence-corrected chi connectivity index (χ3v) is 2.79. The van der Waals surface area contributed by atoms with Gasteiger partial charge in [0.1, 0.15) is 17.3 Å². The second kappa shape index (κ2) is 6.84. The first-order valence-corrected chi connectivity index (χ1v) is 6.41. The monoisotopic (exact) mass is 308 g/mol. The van der Waals surface area contributed by atoms with Gasteiger partial charge in [-0.05, 0) is 32.0 Å². The van der Waals surface area contributed by atoms with Crippen molar-refractivity contribution in [1.82, 2.24) is 5.43 Å². The van der Waals surface area contributed by atoms with Crippen LogP contribution in [-0.4, -0.2) is 18.7 Å². The summed E-state index contributed by atoms with van der Waals surface area (Å²) in [5, 5.41) is 3.75. The summed E-state index contributed by atoms with van der Waals surface area (Å²) in [5.41, 5.74) is 3.00. The summed E-state index contributed by atoms with van der Waals surface area (Å²) in [4.78, 5) is 11.9. The fraction of sp³-hybridized carbons (Fsp3) is 0.200. The quantitative estimate of drug-likeness (QED) is 0.681. The van der Waals surface area contributed by atoms with Crippen LogP contribution in [0.5, 0.6) is 5.75 Å². The number of alkyl halides is 2. The first-order valence-electron chi connectivity index (χ1n) is 6.41. The molecule has 5 nitrogen and oxygen atoms in total. The number of carbonyl (C=O) groups is 1. The Morgan fingerprint density at radius 2 is 2.09 bits per heavy atom. The van der Waals surface area contributed by atoms with Gasteiger partial charge in [0.2, 0.25) is 0 Å². The van der Waals surface area contributed by atoms with E-state index in [9.17, 15) is 13.6 Å². The Morgan fingerprint density at radius 3 is 2.73 bits per heavy atom. The zero-order valence-electron chi connectivity index (χ0n) is 12.0. The highest BCUT2D eigenvalue weighted by molar-refractivity contribution is 5.96. The molecule has 0 saturated heterocycles. The zero-order chi connectivity index (χ0) is 16.1. The molecule has 0 aliphatic carbocycles. The van der Waals surface area contributed by atoms with Gasteiger partial charge in [-0.2, -0.15) is 13.9 Å². The molecule has 0 saturated carbocycles. The van der Waals surface area contributed by atoms with Gasteiger partial charge in [0.15, 0.2) is 0 Å². The summed E-state index contributed by atoms with van der Waals surface area (Å²) in [6, 6.07) is 7.73. The molecule has 2 rings (SSSR count). The first-order chi connectivity index (χ1) is 10.5. The first kappa shape index (κ1) is 15.7. The highest BCUT2D eigenvalue weighted by Gasteiger charge is 2.12. The standard InChI is InChI=1S/C15H14F2N2O3/c1-9-7-12(10(2)21-9)14(20)19-18-8-11-5-3-4-6-13(11)22-15(16)17/h3-8,15H,1-2H3,(H,19,20)/b18-8-. The number of para-hydroxylation sites is 1. The van der Waals surface area contributed by atoms with Crippen molar-refractivity contribution in [1.29, 1.82) is 0 Å². The average molecular weight is 308 g/mol. The van der Waals surface area contributed by atoms with Crippen LogP contribution < -0.4 is 10.2 Å². The number of amides is 1. The highest BCUT2D eigenvalue weighted by Crippen LogP contribution is 2.18. The lowest BCUT2D eigenvalue weighted by atomic mass is 10.2. The maximum Gasteiger partial charge on any atom is 0.387 e. The molecule has 0 bridgehead atoms. The van der Waals surface area contributed by atoms with Crippen molar-refractivity contribution in [3.63, 3.8) is 0 Å². The SMILES string of the molecule is Cc1cc(C(=O)N/N=C\c2ccccc2OC(F)F)c(C)o1. The van der Waals surface area contributed by atoms with Gasteiger partial charge in [0.25, 0.3) is 5.91 Å². The lowest BCUT2D eigenvalue weighted by Gasteiger charge is -2.06. The largest absolute Gasteiger partial charge is 0.466 e. The number of benzene rings is 1. The van der Waals surface area contributed by atoms with Gasteiger partial charge < -0.3 is 9.15 Å². The molecule has 1 N–H and O–H groups in total. The molecule has 116 valence electrons. The molecule has 1 heterocycles. The predicted octanol–water partition coefficient (Wildman–Crippen LogP) is 3.26. The van der Waals surface area contributed by atoms with Crippen molar-refractivity contribution in [2.24, 2.45) is 5.10 Å². The Morgan fingerprint density at radius 1 is 1.36 bits per heavy atom. The van der Waals surface area contributed by atoms with Crippen LogP contribution in [0, 0.1) is 13.8 Å². The number of rotatable bonds is 5. The summed E-state index contributed by atoms with van der Waals surface area (Å²) in [6.45, 7) is 0.461. The van der Waals surface area contributed by atoms with Crippen molar-refractivity contribution in [3.05, 3.63) is 53.0 Å².